The first-order chi connectivity index (χ1) is 33.2. The van der Waals surface area contributed by atoms with Gasteiger partial charge in [0.2, 0.25) is 0 Å². The van der Waals surface area contributed by atoms with Gasteiger partial charge in [-0.25, -0.2) is 4.57 Å². The summed E-state index contributed by atoms with van der Waals surface area (Å²) in [4.78, 5) is 48.3. The van der Waals surface area contributed by atoms with Crippen molar-refractivity contribution in [2.75, 3.05) is 26.4 Å². The second-order valence-electron chi connectivity index (χ2n) is 16.9. The zero-order chi connectivity index (χ0) is 49.9. The molecule has 0 amide bonds. The first-order valence-electron chi connectivity index (χ1n) is 26.1. The Hall–Kier alpha value is -3.60. The third-order valence-electron chi connectivity index (χ3n) is 10.5. The summed E-state index contributed by atoms with van der Waals surface area (Å²) in [6.07, 6.45) is 56.8. The van der Waals surface area contributed by atoms with Crippen molar-refractivity contribution in [2.24, 2.45) is 0 Å². The van der Waals surface area contributed by atoms with Crippen molar-refractivity contribution in [3.05, 3.63) is 97.2 Å². The topological polar surface area (TPSA) is 155 Å². The summed E-state index contributed by atoms with van der Waals surface area (Å²) in [5.74, 6) is -1.61. The van der Waals surface area contributed by atoms with Crippen LogP contribution in [0.4, 0.5) is 0 Å². The summed E-state index contributed by atoms with van der Waals surface area (Å²) >= 11 is 0. The first kappa shape index (κ1) is 64.4. The maximum Gasteiger partial charge on any atom is 0.472 e. The molecule has 0 saturated heterocycles. The molecule has 388 valence electrons. The maximum atomic E-state index is 12.8. The predicted molar refractivity (Wildman–Crippen MR) is 279 cm³/mol. The van der Waals surface area contributed by atoms with Crippen LogP contribution in [0.1, 0.15) is 201 Å². The minimum absolute atomic E-state index is 0.0979. The molecule has 0 aromatic rings. The Morgan fingerprint density at radius 2 is 0.794 bits per heavy atom. The van der Waals surface area contributed by atoms with Gasteiger partial charge >= 0.3 is 25.7 Å². The van der Waals surface area contributed by atoms with Gasteiger partial charge in [-0.1, -0.05) is 176 Å². The summed E-state index contributed by atoms with van der Waals surface area (Å²) < 4.78 is 39.2. The molecule has 0 aliphatic carbocycles. The predicted octanol–water partition coefficient (Wildman–Crippen LogP) is 14.9. The van der Waals surface area contributed by atoms with E-state index in [1.165, 1.54) is 38.5 Å². The van der Waals surface area contributed by atoms with Crippen molar-refractivity contribution in [1.29, 1.82) is 0 Å². The molecule has 2 N–H and O–H groups in total. The van der Waals surface area contributed by atoms with Crippen LogP contribution in [0.2, 0.25) is 0 Å². The molecule has 0 bridgehead atoms. The molecule has 11 nitrogen and oxygen atoms in total. The average molecular weight is 973 g/mol. The zero-order valence-corrected chi connectivity index (χ0v) is 43.4. The molecule has 0 aliphatic rings. The molecule has 3 atom stereocenters. The van der Waals surface area contributed by atoms with Crippen molar-refractivity contribution in [3.63, 3.8) is 0 Å². The average Bonchev–Trinajstić information content (AvgIpc) is 3.32. The highest BCUT2D eigenvalue weighted by Gasteiger charge is 2.28. The molecule has 68 heavy (non-hydrogen) atoms. The summed E-state index contributed by atoms with van der Waals surface area (Å²) in [6, 6.07) is 0. The number of rotatable bonds is 47. The number of carbonyl (C=O) groups excluding carboxylic acids is 3. The van der Waals surface area contributed by atoms with E-state index in [9.17, 15) is 28.9 Å². The first-order valence-corrected chi connectivity index (χ1v) is 27.6. The molecular weight excluding hydrogens is 880 g/mol. The molecule has 0 fully saturated rings. The highest BCUT2D eigenvalue weighted by Crippen LogP contribution is 2.43. The van der Waals surface area contributed by atoms with Crippen LogP contribution >= 0.6 is 7.82 Å². The molecule has 0 aromatic carbocycles. The zero-order valence-electron chi connectivity index (χ0n) is 42.5. The minimum Gasteiger partial charge on any atom is -0.462 e. The van der Waals surface area contributed by atoms with Crippen LogP contribution < -0.4 is 0 Å². The lowest BCUT2D eigenvalue weighted by Gasteiger charge is -2.21. The lowest BCUT2D eigenvalue weighted by atomic mass is 10.1. The number of unbranched alkanes of at least 4 members (excludes halogenated alkanes) is 14. The number of phosphoric acid groups is 1. The molecule has 0 aliphatic heterocycles. The van der Waals surface area contributed by atoms with Crippen LogP contribution in [0.25, 0.3) is 0 Å². The van der Waals surface area contributed by atoms with E-state index >= 15 is 0 Å². The van der Waals surface area contributed by atoms with Gasteiger partial charge in [-0.3, -0.25) is 23.4 Å². The van der Waals surface area contributed by atoms with Gasteiger partial charge in [-0.05, 0) is 103 Å². The largest absolute Gasteiger partial charge is 0.472 e. The maximum absolute atomic E-state index is 12.8. The summed E-state index contributed by atoms with van der Waals surface area (Å²) in [5.41, 5.74) is 0. The molecule has 0 saturated carbocycles. The van der Waals surface area contributed by atoms with Crippen LogP contribution in [-0.2, 0) is 42.2 Å². The van der Waals surface area contributed by atoms with Crippen LogP contribution in [-0.4, -0.2) is 66.5 Å². The van der Waals surface area contributed by atoms with E-state index in [1.807, 2.05) is 12.2 Å². The molecular formula is C56H93O11P. The fraction of sp³-hybridized carbons (Fsp3) is 0.661. The van der Waals surface area contributed by atoms with Crippen LogP contribution in [0, 0.1) is 0 Å². The second-order valence-corrected chi connectivity index (χ2v) is 18.4. The van der Waals surface area contributed by atoms with Gasteiger partial charge in [0.15, 0.2) is 6.10 Å². The Balaban J connectivity index is 4.87. The van der Waals surface area contributed by atoms with E-state index < -0.39 is 57.8 Å². The van der Waals surface area contributed by atoms with Crippen molar-refractivity contribution < 1.29 is 52.2 Å². The lowest BCUT2D eigenvalue weighted by molar-refractivity contribution is -0.161. The number of carbonyl (C=O) groups is 3. The number of esters is 3. The van der Waals surface area contributed by atoms with Crippen LogP contribution in [0.5, 0.6) is 0 Å². The van der Waals surface area contributed by atoms with E-state index in [0.717, 1.165) is 103 Å². The Morgan fingerprint density at radius 1 is 0.426 bits per heavy atom. The minimum atomic E-state index is -4.77. The van der Waals surface area contributed by atoms with Gasteiger partial charge in [0, 0.05) is 19.3 Å². The highest BCUT2D eigenvalue weighted by molar-refractivity contribution is 7.47. The summed E-state index contributed by atoms with van der Waals surface area (Å²) in [6.45, 7) is 4.25. The molecule has 0 heterocycles. The lowest BCUT2D eigenvalue weighted by Crippen LogP contribution is -2.30. The van der Waals surface area contributed by atoms with Gasteiger partial charge in [-0.15, -0.1) is 0 Å². The molecule has 12 heteroatoms. The highest BCUT2D eigenvalue weighted by atomic mass is 31.2. The Morgan fingerprint density at radius 3 is 1.26 bits per heavy atom. The summed E-state index contributed by atoms with van der Waals surface area (Å²) in [5, 5.41) is 9.77. The van der Waals surface area contributed by atoms with Gasteiger partial charge in [-0.2, -0.15) is 0 Å². The second kappa shape index (κ2) is 49.8. The molecule has 3 unspecified atom stereocenters. The smallest absolute Gasteiger partial charge is 0.462 e. The van der Waals surface area contributed by atoms with Gasteiger partial charge < -0.3 is 24.2 Å². The third kappa shape index (κ3) is 47.5. The SMILES string of the molecule is CC/C=C\C/C=C\C/C=C\C/C=C\CCC(=O)OCC(COP(=O)(O)OCC(CO)OC(=O)CCCCC/C=C\C/C=C\C/C=C\CC)OC(=O)CCCCCCC/C=C\CCCCCCCC. The standard InChI is InChI=1S/C56H93O11P/c1-4-7-10-13-16-19-22-25-26-29-32-35-38-41-44-47-56(60)67-53(49-63-54(58)45-42-39-36-33-30-27-23-20-17-14-11-8-5-2)51-65-68(61,62)64-50-52(48-57)66-55(59)46-43-40-37-34-31-28-24-21-18-15-12-9-6-3/h8-9,11-12,17-18,20-21,25-28,30-31,36,39,52-53,57H,4-7,10,13-16,19,22-24,29,32-35,37-38,40-51H2,1-3H3,(H,61,62)/b11-8-,12-9-,20-17-,21-18-,26-25-,30-27-,31-28-,39-36-. The van der Waals surface area contributed by atoms with Crippen molar-refractivity contribution in [2.45, 2.75) is 213 Å². The Bertz CT molecular complexity index is 1510. The summed E-state index contributed by atoms with van der Waals surface area (Å²) in [7, 11) is -4.77. The van der Waals surface area contributed by atoms with E-state index in [4.69, 9.17) is 23.3 Å². The van der Waals surface area contributed by atoms with Crippen molar-refractivity contribution in [3.8, 4) is 0 Å². The Kier molecular flexibility index (Phi) is 47.2. The number of ether oxygens (including phenoxy) is 3. The van der Waals surface area contributed by atoms with Gasteiger partial charge in [0.25, 0.3) is 0 Å². The number of allylic oxidation sites excluding steroid dienone is 16. The molecule has 0 aromatic heterocycles. The number of aliphatic hydroxyl groups is 1. The Labute approximate surface area is 412 Å². The monoisotopic (exact) mass is 973 g/mol. The van der Waals surface area contributed by atoms with Crippen LogP contribution in [0.15, 0.2) is 97.2 Å². The van der Waals surface area contributed by atoms with Crippen molar-refractivity contribution in [1.82, 2.24) is 0 Å². The fourth-order valence-corrected chi connectivity index (χ4v) is 7.34. The number of hydrogen-bond acceptors (Lipinski definition) is 10. The fourth-order valence-electron chi connectivity index (χ4n) is 6.55. The van der Waals surface area contributed by atoms with Gasteiger partial charge in [0.1, 0.15) is 12.7 Å². The number of hydrogen-bond donors (Lipinski definition) is 2. The number of aliphatic hydroxyl groups excluding tert-OH is 1. The molecule has 0 rings (SSSR count). The number of phosphoric ester groups is 1. The van der Waals surface area contributed by atoms with E-state index in [2.05, 4.69) is 106 Å². The van der Waals surface area contributed by atoms with E-state index in [-0.39, 0.29) is 25.9 Å². The van der Waals surface area contributed by atoms with E-state index in [0.29, 0.717) is 19.3 Å². The van der Waals surface area contributed by atoms with Crippen molar-refractivity contribution >= 4 is 25.7 Å². The molecule has 0 spiro atoms. The third-order valence-corrected chi connectivity index (χ3v) is 11.4. The molecule has 0 radical (unpaired) electrons. The van der Waals surface area contributed by atoms with Crippen LogP contribution in [0.3, 0.4) is 0 Å². The normalized spacial score (nSPS) is 14.2. The van der Waals surface area contributed by atoms with Gasteiger partial charge in [0.05, 0.1) is 19.8 Å². The quantitative estimate of drug-likeness (QED) is 0.0197. The van der Waals surface area contributed by atoms with E-state index in [1.54, 1.807) is 0 Å².